The van der Waals surface area contributed by atoms with Gasteiger partial charge in [-0.05, 0) is 38.8 Å². The van der Waals surface area contributed by atoms with Crippen LogP contribution in [0.5, 0.6) is 0 Å². The molecule has 0 saturated carbocycles. The van der Waals surface area contributed by atoms with Crippen LogP contribution in [-0.2, 0) is 30.3 Å². The molecule has 1 aliphatic heterocycles. The van der Waals surface area contributed by atoms with Gasteiger partial charge < -0.3 is 41.1 Å². The summed E-state index contributed by atoms with van der Waals surface area (Å²) in [5.74, 6) is -7.62. The molecule has 0 unspecified atom stereocenters. The van der Waals surface area contributed by atoms with Gasteiger partial charge >= 0.3 is 11.9 Å². The smallest absolute Gasteiger partial charge is 0.335 e. The van der Waals surface area contributed by atoms with Crippen molar-refractivity contribution in [3.8, 4) is 0 Å². The summed E-state index contributed by atoms with van der Waals surface area (Å²) in [6, 6.07) is -0.411. The van der Waals surface area contributed by atoms with Gasteiger partial charge in [-0.3, -0.25) is 9.59 Å². The quantitative estimate of drug-likeness (QED) is 0.215. The fourth-order valence-corrected chi connectivity index (χ4v) is 3.19. The molecule has 1 saturated heterocycles. The molecule has 15 heteroatoms. The second-order valence-corrected chi connectivity index (χ2v) is 9.41. The van der Waals surface area contributed by atoms with Crippen molar-refractivity contribution in [3.05, 3.63) is 35.1 Å². The molecule has 1 aromatic rings. The lowest BCUT2D eigenvalue weighted by Gasteiger charge is -2.36. The Labute approximate surface area is 216 Å². The summed E-state index contributed by atoms with van der Waals surface area (Å²) in [6.07, 6.45) is -4.84. The number of carboxylic acid groups (broad SMARTS) is 2. The number of ether oxygens (including phenoxy) is 1. The van der Waals surface area contributed by atoms with E-state index in [4.69, 9.17) is 30.9 Å². The first-order chi connectivity index (χ1) is 17.4. The van der Waals surface area contributed by atoms with Crippen LogP contribution in [0, 0.1) is 17.5 Å². The first kappa shape index (κ1) is 32.8. The fraction of sp³-hybridized carbons (Fsp3) is 0.565. The molecule has 2 amide bonds. The highest BCUT2D eigenvalue weighted by Gasteiger charge is 2.35. The zero-order valence-electron chi connectivity index (χ0n) is 21.0. The Hall–Kier alpha value is -3.27. The van der Waals surface area contributed by atoms with Gasteiger partial charge in [0.15, 0.2) is 23.8 Å². The monoisotopic (exact) mass is 551 g/mol. The number of nitrogens with two attached hydrogens (primary N) is 1. The second kappa shape index (κ2) is 14.0. The average Bonchev–Trinajstić information content (AvgIpc) is 2.80. The number of carbonyl (C=O) groups is 4. The molecular formula is C23H32F3N3O9. The minimum atomic E-state index is -2.27. The zero-order valence-corrected chi connectivity index (χ0v) is 21.0. The normalized spacial score (nSPS) is 18.0. The molecule has 0 aliphatic carbocycles. The highest BCUT2D eigenvalue weighted by atomic mass is 19.2. The summed E-state index contributed by atoms with van der Waals surface area (Å²) < 4.78 is 45.8. The number of halogens is 3. The van der Waals surface area contributed by atoms with Crippen molar-refractivity contribution in [2.75, 3.05) is 19.7 Å². The third kappa shape index (κ3) is 10.2. The van der Waals surface area contributed by atoms with E-state index in [1.54, 1.807) is 0 Å². The van der Waals surface area contributed by atoms with E-state index in [1.165, 1.54) is 4.90 Å². The van der Waals surface area contributed by atoms with Gasteiger partial charge in [0, 0.05) is 31.6 Å². The molecule has 1 aromatic carbocycles. The number of aliphatic hydroxyl groups is 2. The molecule has 7 N–H and O–H groups in total. The van der Waals surface area contributed by atoms with Crippen molar-refractivity contribution in [1.82, 2.24) is 10.2 Å². The van der Waals surface area contributed by atoms with E-state index in [9.17, 15) is 32.3 Å². The Morgan fingerprint density at radius 2 is 1.61 bits per heavy atom. The number of piperazine rings is 1. The maximum absolute atomic E-state index is 13.8. The Morgan fingerprint density at radius 3 is 2.11 bits per heavy atom. The molecular weight excluding hydrogens is 519 g/mol. The Kier molecular flexibility index (Phi) is 12.1. The topological polar surface area (TPSA) is 200 Å². The number of aliphatic hydroxyl groups excluding tert-OH is 2. The van der Waals surface area contributed by atoms with Gasteiger partial charge in [0.25, 0.3) is 0 Å². The standard InChI is InChI=1S/C19H26F3N3O3.C4H6O6/c1-19(2,3)28-10-16-18(27)24-4-5-25(16)17(26)8-12(23)6-11-7-14(21)15(22)9-13(11)20;5-1(3(7)8)2(6)4(9)10/h7,9,12,16H,4-6,8,10,23H2,1-3H3,(H,24,27);1-2,5-6H,(H,7,8)(H,9,10)/t12-,16-;1-,2-/m01/s1. The zero-order chi connectivity index (χ0) is 29.4. The van der Waals surface area contributed by atoms with Crippen LogP contribution in [-0.4, -0.2) is 98.7 Å². The van der Waals surface area contributed by atoms with Gasteiger partial charge in [-0.2, -0.15) is 0 Å². The number of nitrogens with zero attached hydrogens (tertiary/aromatic N) is 1. The van der Waals surface area contributed by atoms with Crippen LogP contribution >= 0.6 is 0 Å². The van der Waals surface area contributed by atoms with E-state index >= 15 is 0 Å². The SMILES string of the molecule is CC(C)(C)OC[C@H]1C(=O)NCCN1C(=O)C[C@@H](N)Cc1cc(F)c(F)cc1F.O=C(O)[C@H](O)[C@@H](O)C(=O)O. The molecule has 12 nitrogen and oxygen atoms in total. The minimum Gasteiger partial charge on any atom is -0.479 e. The van der Waals surface area contributed by atoms with Crippen molar-refractivity contribution in [3.63, 3.8) is 0 Å². The van der Waals surface area contributed by atoms with Crippen LogP contribution in [0.25, 0.3) is 0 Å². The van der Waals surface area contributed by atoms with E-state index in [-0.39, 0.29) is 36.8 Å². The molecule has 0 spiro atoms. The largest absolute Gasteiger partial charge is 0.479 e. The number of carbonyl (C=O) groups excluding carboxylic acids is 2. The number of hydrogen-bond acceptors (Lipinski definition) is 8. The molecule has 214 valence electrons. The average molecular weight is 552 g/mol. The Balaban J connectivity index is 0.000000612. The fourth-order valence-electron chi connectivity index (χ4n) is 3.19. The third-order valence-electron chi connectivity index (χ3n) is 5.14. The number of carboxylic acids is 2. The molecule has 1 aliphatic rings. The highest BCUT2D eigenvalue weighted by molar-refractivity contribution is 5.89. The van der Waals surface area contributed by atoms with Gasteiger partial charge in [0.05, 0.1) is 12.2 Å². The lowest BCUT2D eigenvalue weighted by atomic mass is 10.0. The van der Waals surface area contributed by atoms with Crippen LogP contribution < -0.4 is 11.1 Å². The van der Waals surface area contributed by atoms with Gasteiger partial charge in [-0.1, -0.05) is 0 Å². The first-order valence-corrected chi connectivity index (χ1v) is 11.4. The van der Waals surface area contributed by atoms with Crippen LogP contribution in [0.2, 0.25) is 0 Å². The number of aliphatic carboxylic acids is 2. The molecule has 0 aromatic heterocycles. The molecule has 2 rings (SSSR count). The summed E-state index contributed by atoms with van der Waals surface area (Å²) >= 11 is 0. The number of rotatable bonds is 9. The highest BCUT2D eigenvalue weighted by Crippen LogP contribution is 2.17. The predicted molar refractivity (Wildman–Crippen MR) is 124 cm³/mol. The summed E-state index contributed by atoms with van der Waals surface area (Å²) in [4.78, 5) is 45.8. The minimum absolute atomic E-state index is 0.0358. The van der Waals surface area contributed by atoms with Gasteiger partial charge in [0.1, 0.15) is 11.9 Å². The van der Waals surface area contributed by atoms with Crippen molar-refractivity contribution >= 4 is 23.8 Å². The van der Waals surface area contributed by atoms with E-state index in [2.05, 4.69) is 5.32 Å². The predicted octanol–water partition coefficient (Wildman–Crippen LogP) is -0.617. The molecule has 4 atom stereocenters. The van der Waals surface area contributed by atoms with E-state index in [0.29, 0.717) is 19.2 Å². The molecule has 38 heavy (non-hydrogen) atoms. The Bertz CT molecular complexity index is 1000. The van der Waals surface area contributed by atoms with E-state index < -0.39 is 59.3 Å². The number of nitrogens with one attached hydrogen (secondary N) is 1. The summed E-state index contributed by atoms with van der Waals surface area (Å²) in [7, 11) is 0. The van der Waals surface area contributed by atoms with Crippen LogP contribution in [0.15, 0.2) is 12.1 Å². The van der Waals surface area contributed by atoms with Crippen LogP contribution in [0.4, 0.5) is 13.2 Å². The lowest BCUT2D eigenvalue weighted by molar-refractivity contribution is -0.165. The maximum Gasteiger partial charge on any atom is 0.335 e. The lowest BCUT2D eigenvalue weighted by Crippen LogP contribution is -2.60. The van der Waals surface area contributed by atoms with Gasteiger partial charge in [-0.15, -0.1) is 0 Å². The summed E-state index contributed by atoms with van der Waals surface area (Å²) in [6.45, 7) is 6.16. The second-order valence-electron chi connectivity index (χ2n) is 9.41. The summed E-state index contributed by atoms with van der Waals surface area (Å²) in [5, 5.41) is 35.2. The van der Waals surface area contributed by atoms with Gasteiger partial charge in [0.2, 0.25) is 11.8 Å². The van der Waals surface area contributed by atoms with Crippen molar-refractivity contribution < 1.29 is 57.5 Å². The molecule has 1 fully saturated rings. The number of hydrogen-bond donors (Lipinski definition) is 6. The van der Waals surface area contributed by atoms with Crippen LogP contribution in [0.1, 0.15) is 32.8 Å². The molecule has 1 heterocycles. The van der Waals surface area contributed by atoms with Crippen LogP contribution in [0.3, 0.4) is 0 Å². The number of amides is 2. The van der Waals surface area contributed by atoms with Crippen molar-refractivity contribution in [2.45, 2.75) is 63.5 Å². The van der Waals surface area contributed by atoms with E-state index in [1.807, 2.05) is 20.8 Å². The number of benzene rings is 1. The van der Waals surface area contributed by atoms with E-state index in [0.717, 1.165) is 6.07 Å². The summed E-state index contributed by atoms with van der Waals surface area (Å²) in [5.41, 5.74) is 5.34. The maximum atomic E-state index is 13.8. The van der Waals surface area contributed by atoms with Crippen molar-refractivity contribution in [2.24, 2.45) is 5.73 Å². The molecule has 0 bridgehead atoms. The first-order valence-electron chi connectivity index (χ1n) is 11.4. The van der Waals surface area contributed by atoms with Gasteiger partial charge in [-0.25, -0.2) is 22.8 Å². The van der Waals surface area contributed by atoms with Crippen molar-refractivity contribution in [1.29, 1.82) is 0 Å². The Morgan fingerprint density at radius 1 is 1.08 bits per heavy atom. The third-order valence-corrected chi connectivity index (χ3v) is 5.14. The molecule has 0 radical (unpaired) electrons.